The standard InChI is InChI=1S/C41H55N11O6/c1-23(2)17-30(38(56)49(7)8)46-33(53)21-43-37(55)31-11-10-16-51(31)39(57)34(24(3)4)47-36(54)27-14-12-25(5)32(18-27)52-22-28-19-44-40(48-35(28)50(9)41(52)58)45-29-15-13-26(6)42-20-29/h12-15,18-20,23-24,30-31,34H,10-11,16-17,21-22H2,1-9H3,(H,43,55)(H,46,53)(H,47,54)(H,44,45,48)/t30-,31?,34-/m0/s1. The molecule has 0 radical (unpaired) electrons. The molecule has 0 aliphatic carbocycles. The van der Waals surface area contributed by atoms with Crippen LogP contribution in [-0.2, 0) is 25.7 Å². The van der Waals surface area contributed by atoms with E-state index in [0.29, 0.717) is 54.5 Å². The minimum atomic E-state index is -0.965. The van der Waals surface area contributed by atoms with Crippen LogP contribution in [-0.4, -0.2) is 113 Å². The number of aryl methyl sites for hydroxylation is 2. The molecule has 0 saturated carbocycles. The number of aromatic nitrogens is 3. The number of likely N-dealkylation sites (N-methyl/N-ethyl adjacent to an activating group) is 1. The monoisotopic (exact) mass is 797 g/mol. The van der Waals surface area contributed by atoms with Crippen LogP contribution in [0.3, 0.4) is 0 Å². The van der Waals surface area contributed by atoms with E-state index in [-0.39, 0.29) is 42.4 Å². The summed E-state index contributed by atoms with van der Waals surface area (Å²) < 4.78 is 0. The average Bonchev–Trinajstić information content (AvgIpc) is 3.68. The molecular formula is C41H55N11O6. The summed E-state index contributed by atoms with van der Waals surface area (Å²) in [6.07, 6.45) is 4.74. The molecule has 4 N–H and O–H groups in total. The van der Waals surface area contributed by atoms with Gasteiger partial charge in [0.2, 0.25) is 29.6 Å². The zero-order chi connectivity index (χ0) is 42.4. The van der Waals surface area contributed by atoms with Crippen molar-refractivity contribution < 1.29 is 28.8 Å². The molecule has 3 atom stereocenters. The minimum absolute atomic E-state index is 0.153. The number of rotatable bonds is 14. The first-order valence-corrected chi connectivity index (χ1v) is 19.6. The molecule has 2 aliphatic rings. The number of nitrogens with zero attached hydrogens (tertiary/aromatic N) is 7. The fourth-order valence-electron chi connectivity index (χ4n) is 7.03. The Labute approximate surface area is 339 Å². The van der Waals surface area contributed by atoms with Crippen molar-refractivity contribution in [2.45, 2.75) is 85.5 Å². The molecule has 2 aliphatic heterocycles. The summed E-state index contributed by atoms with van der Waals surface area (Å²) in [5.74, 6) is -1.58. The molecule has 3 aromatic rings. The summed E-state index contributed by atoms with van der Waals surface area (Å²) in [7, 11) is 4.86. The Kier molecular flexibility index (Phi) is 13.7. The van der Waals surface area contributed by atoms with Crippen molar-refractivity contribution in [3.05, 3.63) is 65.1 Å². The molecule has 58 heavy (non-hydrogen) atoms. The van der Waals surface area contributed by atoms with Gasteiger partial charge in [-0.15, -0.1) is 0 Å². The lowest BCUT2D eigenvalue weighted by molar-refractivity contribution is -0.141. The molecule has 2 aromatic heterocycles. The number of pyridine rings is 1. The van der Waals surface area contributed by atoms with Crippen molar-refractivity contribution in [1.82, 2.24) is 40.7 Å². The lowest BCUT2D eigenvalue weighted by Crippen LogP contribution is -2.56. The van der Waals surface area contributed by atoms with Crippen LogP contribution in [0.1, 0.15) is 74.1 Å². The number of amides is 7. The van der Waals surface area contributed by atoms with Crippen molar-refractivity contribution in [1.29, 1.82) is 0 Å². The molecule has 5 rings (SSSR count). The molecule has 7 amide bonds. The lowest BCUT2D eigenvalue weighted by atomic mass is 10.0. The van der Waals surface area contributed by atoms with E-state index < -0.39 is 41.8 Å². The molecule has 1 saturated heterocycles. The third kappa shape index (κ3) is 10.0. The molecule has 1 unspecified atom stereocenters. The molecule has 0 spiro atoms. The number of benzene rings is 1. The zero-order valence-electron chi connectivity index (χ0n) is 34.8. The molecule has 17 nitrogen and oxygen atoms in total. The number of likely N-dealkylation sites (tertiary alicyclic amines) is 1. The second-order valence-corrected chi connectivity index (χ2v) is 15.9. The highest BCUT2D eigenvalue weighted by Gasteiger charge is 2.39. The number of hydrogen-bond donors (Lipinski definition) is 4. The fraction of sp³-hybridized carbons (Fsp3) is 0.488. The maximum Gasteiger partial charge on any atom is 0.330 e. The van der Waals surface area contributed by atoms with Crippen molar-refractivity contribution in [2.24, 2.45) is 11.8 Å². The SMILES string of the molecule is Cc1ccc(Nc2ncc3c(n2)N(C)C(=O)N(c2cc(C(=O)N[C@H](C(=O)N4CCCC4C(=O)NCC(=O)N[C@@H](CC(C)C)C(=O)N(C)C)C(C)C)ccc2C)C3)cn1. The van der Waals surface area contributed by atoms with Gasteiger partial charge >= 0.3 is 6.03 Å². The van der Waals surface area contributed by atoms with Gasteiger partial charge in [0.05, 0.1) is 25.0 Å². The van der Waals surface area contributed by atoms with Crippen molar-refractivity contribution in [2.75, 3.05) is 49.3 Å². The van der Waals surface area contributed by atoms with Gasteiger partial charge in [0.15, 0.2) is 0 Å². The third-order valence-electron chi connectivity index (χ3n) is 10.2. The summed E-state index contributed by atoms with van der Waals surface area (Å²) >= 11 is 0. The normalized spacial score (nSPS) is 16.2. The number of nitrogens with one attached hydrogen (secondary N) is 4. The molecule has 0 bridgehead atoms. The van der Waals surface area contributed by atoms with Crippen LogP contribution in [0.15, 0.2) is 42.7 Å². The van der Waals surface area contributed by atoms with Crippen molar-refractivity contribution in [3.8, 4) is 0 Å². The highest BCUT2D eigenvalue weighted by Crippen LogP contribution is 2.33. The largest absolute Gasteiger partial charge is 0.347 e. The van der Waals surface area contributed by atoms with Crippen molar-refractivity contribution >= 4 is 58.7 Å². The Morgan fingerprint density at radius 3 is 2.36 bits per heavy atom. The van der Waals surface area contributed by atoms with E-state index in [1.165, 1.54) is 14.7 Å². The van der Waals surface area contributed by atoms with Crippen LogP contribution in [0.5, 0.6) is 0 Å². The first-order valence-electron chi connectivity index (χ1n) is 19.6. The second kappa shape index (κ2) is 18.4. The summed E-state index contributed by atoms with van der Waals surface area (Å²) in [4.78, 5) is 99.6. The predicted molar refractivity (Wildman–Crippen MR) is 219 cm³/mol. The van der Waals surface area contributed by atoms with Crippen LogP contribution >= 0.6 is 0 Å². The molecule has 1 aromatic carbocycles. The second-order valence-electron chi connectivity index (χ2n) is 15.9. The topological polar surface area (TPSA) is 202 Å². The van der Waals surface area contributed by atoms with Crippen LogP contribution in [0, 0.1) is 25.7 Å². The third-order valence-corrected chi connectivity index (χ3v) is 10.2. The van der Waals surface area contributed by atoms with E-state index in [9.17, 15) is 28.8 Å². The average molecular weight is 798 g/mol. The van der Waals surface area contributed by atoms with Gasteiger partial charge in [-0.1, -0.05) is 33.8 Å². The molecular weight excluding hydrogens is 743 g/mol. The molecule has 310 valence electrons. The highest BCUT2D eigenvalue weighted by molar-refractivity contribution is 6.07. The van der Waals surface area contributed by atoms with Crippen molar-refractivity contribution in [3.63, 3.8) is 0 Å². The van der Waals surface area contributed by atoms with Gasteiger partial charge in [0.1, 0.15) is 23.9 Å². The van der Waals surface area contributed by atoms with E-state index in [2.05, 4.69) is 36.2 Å². The first kappa shape index (κ1) is 43.0. The van der Waals surface area contributed by atoms with Crippen LogP contribution in [0.25, 0.3) is 0 Å². The predicted octanol–water partition coefficient (Wildman–Crippen LogP) is 3.29. The van der Waals surface area contributed by atoms with Gasteiger partial charge in [-0.25, -0.2) is 9.78 Å². The Hall–Kier alpha value is -6.13. The number of carbonyl (C=O) groups excluding carboxylic acids is 6. The van der Waals surface area contributed by atoms with E-state index >= 15 is 0 Å². The quantitative estimate of drug-likeness (QED) is 0.188. The summed E-state index contributed by atoms with van der Waals surface area (Å²) in [5.41, 5.74) is 3.79. The first-order chi connectivity index (χ1) is 27.4. The van der Waals surface area contributed by atoms with Crippen LogP contribution in [0.4, 0.5) is 27.9 Å². The molecule has 1 fully saturated rings. The Morgan fingerprint density at radius 2 is 1.71 bits per heavy atom. The maximum absolute atomic E-state index is 14.0. The Bertz CT molecular complexity index is 2040. The van der Waals surface area contributed by atoms with Gasteiger partial charge in [-0.3, -0.25) is 38.8 Å². The van der Waals surface area contributed by atoms with Crippen LogP contribution in [0.2, 0.25) is 0 Å². The fourth-order valence-corrected chi connectivity index (χ4v) is 7.03. The van der Waals surface area contributed by atoms with Gasteiger partial charge < -0.3 is 31.1 Å². The Balaban J connectivity index is 1.25. The lowest BCUT2D eigenvalue weighted by Gasteiger charge is -2.35. The summed E-state index contributed by atoms with van der Waals surface area (Å²) in [6, 6.07) is 5.86. The van der Waals surface area contributed by atoms with E-state index in [1.54, 1.807) is 56.6 Å². The number of carbonyl (C=O) groups is 6. The smallest absolute Gasteiger partial charge is 0.330 e. The summed E-state index contributed by atoms with van der Waals surface area (Å²) in [5, 5.41) is 11.4. The van der Waals surface area contributed by atoms with Gasteiger partial charge in [0, 0.05) is 56.4 Å². The summed E-state index contributed by atoms with van der Waals surface area (Å²) in [6.45, 7) is 11.4. The number of urea groups is 1. The number of hydrogen-bond acceptors (Lipinski definition) is 10. The van der Waals surface area contributed by atoms with Gasteiger partial charge in [-0.2, -0.15) is 4.98 Å². The Morgan fingerprint density at radius 1 is 0.966 bits per heavy atom. The molecule has 17 heteroatoms. The number of anilines is 4. The zero-order valence-corrected chi connectivity index (χ0v) is 34.8. The van der Waals surface area contributed by atoms with E-state index in [1.807, 2.05) is 53.7 Å². The number of fused-ring (bicyclic) bond motifs is 1. The van der Waals surface area contributed by atoms with E-state index in [0.717, 1.165) is 11.3 Å². The van der Waals surface area contributed by atoms with Crippen LogP contribution < -0.4 is 31.1 Å². The van der Waals surface area contributed by atoms with Gasteiger partial charge in [0.25, 0.3) is 5.91 Å². The van der Waals surface area contributed by atoms with Gasteiger partial charge in [-0.05, 0) is 74.8 Å². The maximum atomic E-state index is 14.0. The molecule has 4 heterocycles. The van der Waals surface area contributed by atoms with E-state index in [4.69, 9.17) is 0 Å². The highest BCUT2D eigenvalue weighted by atomic mass is 16.2. The minimum Gasteiger partial charge on any atom is -0.347 e.